The summed E-state index contributed by atoms with van der Waals surface area (Å²) in [5, 5.41) is 9.19. The summed E-state index contributed by atoms with van der Waals surface area (Å²) >= 11 is 0. The topological polar surface area (TPSA) is 46.5 Å². The van der Waals surface area contributed by atoms with E-state index < -0.39 is 0 Å². The lowest BCUT2D eigenvalue weighted by atomic mass is 9.68. The minimum absolute atomic E-state index is 0.220. The van der Waals surface area contributed by atoms with Gasteiger partial charge in [0.05, 0.1) is 6.61 Å². The molecule has 0 bridgehead atoms. The molecule has 3 heteroatoms. The van der Waals surface area contributed by atoms with E-state index in [0.717, 1.165) is 37.0 Å². The summed E-state index contributed by atoms with van der Waals surface area (Å²) < 4.78 is 5.40. The highest BCUT2D eigenvalue weighted by Gasteiger charge is 2.31. The summed E-state index contributed by atoms with van der Waals surface area (Å²) in [6, 6.07) is 6.84. The average molecular weight is 427 g/mol. The number of rotatable bonds is 9. The van der Waals surface area contributed by atoms with E-state index in [1.54, 1.807) is 6.92 Å². The Kier molecular flexibility index (Phi) is 9.19. The zero-order valence-corrected chi connectivity index (χ0v) is 19.7. The van der Waals surface area contributed by atoms with E-state index in [9.17, 15) is 9.90 Å². The molecule has 1 aromatic rings. The number of hydrogen-bond acceptors (Lipinski definition) is 3. The number of esters is 1. The first kappa shape index (κ1) is 24.0. The van der Waals surface area contributed by atoms with Crippen LogP contribution in [0.3, 0.4) is 0 Å². The van der Waals surface area contributed by atoms with Crippen molar-refractivity contribution in [3.8, 4) is 0 Å². The van der Waals surface area contributed by atoms with Gasteiger partial charge in [0.15, 0.2) is 0 Å². The lowest BCUT2D eigenvalue weighted by molar-refractivity contribution is -0.138. The third-order valence-corrected chi connectivity index (χ3v) is 7.72. The summed E-state index contributed by atoms with van der Waals surface area (Å²) in [6.07, 6.45) is 13.4. The van der Waals surface area contributed by atoms with Crippen molar-refractivity contribution in [2.24, 2.45) is 17.8 Å². The molecule has 0 spiro atoms. The number of ether oxygens (including phenoxy) is 1. The van der Waals surface area contributed by atoms with E-state index >= 15 is 0 Å². The number of aliphatic hydroxyl groups is 1. The van der Waals surface area contributed by atoms with Gasteiger partial charge in [0.1, 0.15) is 0 Å². The van der Waals surface area contributed by atoms with Crippen molar-refractivity contribution in [2.45, 2.75) is 90.4 Å². The molecule has 2 saturated carbocycles. The van der Waals surface area contributed by atoms with Crippen LogP contribution in [0.4, 0.5) is 0 Å². The third-order valence-electron chi connectivity index (χ3n) is 7.72. The van der Waals surface area contributed by atoms with Crippen LogP contribution in [0.25, 0.3) is 0 Å². The largest absolute Gasteiger partial charge is 0.462 e. The molecule has 1 aromatic carbocycles. The molecule has 0 amide bonds. The van der Waals surface area contributed by atoms with Crippen molar-refractivity contribution in [2.75, 3.05) is 13.2 Å². The maximum atomic E-state index is 11.8. The van der Waals surface area contributed by atoms with E-state index in [1.165, 1.54) is 68.1 Å². The van der Waals surface area contributed by atoms with Gasteiger partial charge in [0.25, 0.3) is 0 Å². The predicted octanol–water partition coefficient (Wildman–Crippen LogP) is 6.37. The Morgan fingerprint density at radius 2 is 1.68 bits per heavy atom. The Morgan fingerprint density at radius 3 is 2.29 bits per heavy atom. The Morgan fingerprint density at radius 1 is 1.03 bits per heavy atom. The number of aliphatic hydroxyl groups excluding tert-OH is 1. The van der Waals surface area contributed by atoms with Crippen LogP contribution in [-0.2, 0) is 22.4 Å². The van der Waals surface area contributed by atoms with E-state index in [-0.39, 0.29) is 12.6 Å². The summed E-state index contributed by atoms with van der Waals surface area (Å²) in [5.41, 5.74) is 4.49. The molecule has 31 heavy (non-hydrogen) atoms. The maximum absolute atomic E-state index is 11.8. The van der Waals surface area contributed by atoms with Gasteiger partial charge in [-0.2, -0.15) is 0 Å². The van der Waals surface area contributed by atoms with Crippen LogP contribution in [0.15, 0.2) is 30.4 Å². The van der Waals surface area contributed by atoms with Crippen molar-refractivity contribution >= 4 is 5.97 Å². The second-order valence-electron chi connectivity index (χ2n) is 10.2. The van der Waals surface area contributed by atoms with Gasteiger partial charge in [-0.05, 0) is 98.7 Å². The van der Waals surface area contributed by atoms with Crippen LogP contribution in [-0.4, -0.2) is 24.3 Å². The highest BCUT2D eigenvalue weighted by molar-refractivity contribution is 5.86. The molecule has 2 aliphatic carbocycles. The zero-order valence-electron chi connectivity index (χ0n) is 19.7. The standard InChI is InChI=1S/C28H42O3/c1-20(2)28(30)31-18-16-26-19-22(5-4-17-29)8-15-27(26)25-13-11-24(12-14-25)23-9-6-21(3)7-10-23/h8,15,19,21,23-25,29H,1,4-7,9-14,16-18H2,2-3H3. The van der Waals surface area contributed by atoms with Crippen LogP contribution >= 0.6 is 0 Å². The van der Waals surface area contributed by atoms with Crippen LogP contribution < -0.4 is 0 Å². The fourth-order valence-electron chi connectivity index (χ4n) is 5.75. The molecule has 3 nitrogen and oxygen atoms in total. The average Bonchev–Trinajstić information content (AvgIpc) is 2.78. The Bertz CT molecular complexity index is 722. The Labute approximate surface area is 189 Å². The first-order chi connectivity index (χ1) is 15.0. The quantitative estimate of drug-likeness (QED) is 0.368. The van der Waals surface area contributed by atoms with E-state index in [0.29, 0.717) is 18.1 Å². The Balaban J connectivity index is 1.63. The highest BCUT2D eigenvalue weighted by atomic mass is 16.5. The van der Waals surface area contributed by atoms with E-state index in [4.69, 9.17) is 4.74 Å². The summed E-state index contributed by atoms with van der Waals surface area (Å²) in [7, 11) is 0. The third kappa shape index (κ3) is 6.94. The molecular formula is C28H42O3. The van der Waals surface area contributed by atoms with Gasteiger partial charge in [0, 0.05) is 18.6 Å². The second kappa shape index (κ2) is 11.9. The van der Waals surface area contributed by atoms with Crippen molar-refractivity contribution in [3.63, 3.8) is 0 Å². The van der Waals surface area contributed by atoms with Gasteiger partial charge >= 0.3 is 5.97 Å². The van der Waals surface area contributed by atoms with E-state index in [2.05, 4.69) is 31.7 Å². The van der Waals surface area contributed by atoms with Gasteiger partial charge in [-0.25, -0.2) is 4.79 Å². The van der Waals surface area contributed by atoms with Crippen molar-refractivity contribution in [1.82, 2.24) is 0 Å². The van der Waals surface area contributed by atoms with Crippen LogP contribution in [0.5, 0.6) is 0 Å². The monoisotopic (exact) mass is 426 g/mol. The van der Waals surface area contributed by atoms with Gasteiger partial charge in [-0.1, -0.05) is 44.5 Å². The van der Waals surface area contributed by atoms with Crippen LogP contribution in [0.1, 0.15) is 94.2 Å². The number of carbonyl (C=O) groups excluding carboxylic acids is 1. The van der Waals surface area contributed by atoms with E-state index in [1.807, 2.05) is 0 Å². The molecule has 2 fully saturated rings. The molecule has 3 rings (SSSR count). The maximum Gasteiger partial charge on any atom is 0.333 e. The number of aryl methyl sites for hydroxylation is 1. The molecule has 172 valence electrons. The lowest BCUT2D eigenvalue weighted by Gasteiger charge is -2.37. The Hall–Kier alpha value is -1.61. The number of benzene rings is 1. The molecule has 0 saturated heterocycles. The first-order valence-electron chi connectivity index (χ1n) is 12.5. The minimum Gasteiger partial charge on any atom is -0.462 e. The normalized spacial score (nSPS) is 26.4. The van der Waals surface area contributed by atoms with Crippen molar-refractivity contribution in [3.05, 3.63) is 47.0 Å². The van der Waals surface area contributed by atoms with Gasteiger partial charge in [0.2, 0.25) is 0 Å². The minimum atomic E-state index is -0.305. The molecule has 0 aromatic heterocycles. The summed E-state index contributed by atoms with van der Waals surface area (Å²) in [4.78, 5) is 11.8. The smallest absolute Gasteiger partial charge is 0.333 e. The fraction of sp³-hybridized carbons (Fsp3) is 0.679. The van der Waals surface area contributed by atoms with Crippen LogP contribution in [0, 0.1) is 17.8 Å². The molecule has 0 radical (unpaired) electrons. The molecule has 0 unspecified atom stereocenters. The zero-order chi connectivity index (χ0) is 22.2. The number of carbonyl (C=O) groups is 1. The second-order valence-corrected chi connectivity index (χ2v) is 10.2. The predicted molar refractivity (Wildman–Crippen MR) is 127 cm³/mol. The lowest BCUT2D eigenvalue weighted by Crippen LogP contribution is -2.25. The highest BCUT2D eigenvalue weighted by Crippen LogP contribution is 2.44. The van der Waals surface area contributed by atoms with Crippen molar-refractivity contribution < 1.29 is 14.6 Å². The summed E-state index contributed by atoms with van der Waals surface area (Å²) in [6.45, 7) is 8.39. The molecule has 2 aliphatic rings. The molecule has 1 N–H and O–H groups in total. The van der Waals surface area contributed by atoms with Gasteiger partial charge in [-0.15, -0.1) is 0 Å². The molecule has 0 heterocycles. The van der Waals surface area contributed by atoms with Crippen LogP contribution in [0.2, 0.25) is 0 Å². The van der Waals surface area contributed by atoms with Gasteiger partial charge in [-0.3, -0.25) is 0 Å². The summed E-state index contributed by atoms with van der Waals surface area (Å²) in [5.74, 6) is 3.13. The first-order valence-corrected chi connectivity index (χ1v) is 12.5. The fourth-order valence-corrected chi connectivity index (χ4v) is 5.75. The number of hydrogen-bond donors (Lipinski definition) is 1. The molecule has 0 aliphatic heterocycles. The molecule has 0 atom stereocenters. The van der Waals surface area contributed by atoms with Gasteiger partial charge < -0.3 is 9.84 Å². The molecular weight excluding hydrogens is 384 g/mol. The van der Waals surface area contributed by atoms with Crippen molar-refractivity contribution in [1.29, 1.82) is 0 Å². The SMILES string of the molecule is C=C(C)C(=O)OCCc1cc(CCCO)ccc1C1CCC(C2CCC(C)CC2)CC1.